The molecule has 86 valence electrons. The summed E-state index contributed by atoms with van der Waals surface area (Å²) >= 11 is 1.65. The first-order chi connectivity index (χ1) is 8.15. The predicted molar refractivity (Wildman–Crippen MR) is 72.1 cm³/mol. The van der Waals surface area contributed by atoms with Crippen molar-refractivity contribution in [1.82, 2.24) is 9.97 Å². The van der Waals surface area contributed by atoms with E-state index in [1.54, 1.807) is 11.3 Å². The third-order valence-corrected chi connectivity index (χ3v) is 3.82. The molecular formula is C12H11N3OS. The molecule has 4 nitrogen and oxygen atoms in total. The van der Waals surface area contributed by atoms with Gasteiger partial charge in [-0.15, -0.1) is 0 Å². The van der Waals surface area contributed by atoms with Crippen LogP contribution in [0.3, 0.4) is 0 Å². The van der Waals surface area contributed by atoms with Gasteiger partial charge >= 0.3 is 0 Å². The molecule has 0 amide bonds. The maximum absolute atomic E-state index is 11.3. The Labute approximate surface area is 102 Å². The predicted octanol–water partition coefficient (Wildman–Crippen LogP) is 2.20. The summed E-state index contributed by atoms with van der Waals surface area (Å²) in [5.41, 5.74) is 1.70. The van der Waals surface area contributed by atoms with Crippen LogP contribution in [0.2, 0.25) is 0 Å². The van der Waals surface area contributed by atoms with E-state index in [2.05, 4.69) is 9.97 Å². The molecule has 0 saturated heterocycles. The van der Waals surface area contributed by atoms with Crippen LogP contribution in [-0.4, -0.2) is 24.1 Å². The lowest BCUT2D eigenvalue weighted by molar-refractivity contribution is 1.11. The zero-order chi connectivity index (χ0) is 12.0. The van der Waals surface area contributed by atoms with Crippen LogP contribution in [0, 0.1) is 0 Å². The molecule has 0 aliphatic rings. The summed E-state index contributed by atoms with van der Waals surface area (Å²) in [5.74, 6) is 0. The third kappa shape index (κ3) is 1.59. The van der Waals surface area contributed by atoms with Crippen LogP contribution in [0.1, 0.15) is 0 Å². The number of pyridine rings is 1. The maximum Gasteiger partial charge on any atom is 0.248 e. The minimum atomic E-state index is -0.0834. The van der Waals surface area contributed by atoms with Gasteiger partial charge < -0.3 is 9.88 Å². The highest BCUT2D eigenvalue weighted by molar-refractivity contribution is 7.22. The summed E-state index contributed by atoms with van der Waals surface area (Å²) in [6.45, 7) is 0. The number of rotatable bonds is 1. The van der Waals surface area contributed by atoms with Gasteiger partial charge in [-0.2, -0.15) is 0 Å². The number of H-pyrrole nitrogens is 1. The van der Waals surface area contributed by atoms with Gasteiger partial charge in [0.2, 0.25) is 5.56 Å². The summed E-state index contributed by atoms with van der Waals surface area (Å²) in [5, 5.41) is 1.96. The Hall–Kier alpha value is -1.88. The second kappa shape index (κ2) is 3.56. The average molecular weight is 245 g/mol. The van der Waals surface area contributed by atoms with Crippen molar-refractivity contribution in [2.75, 3.05) is 19.0 Å². The first-order valence-corrected chi connectivity index (χ1v) is 6.07. The van der Waals surface area contributed by atoms with Gasteiger partial charge in [0.05, 0.1) is 15.7 Å². The number of hydrogen-bond donors (Lipinski definition) is 1. The molecule has 0 atom stereocenters. The molecule has 5 heteroatoms. The molecule has 17 heavy (non-hydrogen) atoms. The van der Waals surface area contributed by atoms with E-state index >= 15 is 0 Å². The largest absolute Gasteiger partial charge is 0.354 e. The minimum Gasteiger partial charge on any atom is -0.354 e. The van der Waals surface area contributed by atoms with Crippen LogP contribution in [0.4, 0.5) is 5.13 Å². The van der Waals surface area contributed by atoms with E-state index < -0.39 is 0 Å². The van der Waals surface area contributed by atoms with Crippen LogP contribution in [-0.2, 0) is 0 Å². The maximum atomic E-state index is 11.3. The van der Waals surface area contributed by atoms with E-state index in [-0.39, 0.29) is 5.56 Å². The number of benzene rings is 1. The Bertz CT molecular complexity index is 757. The van der Waals surface area contributed by atoms with Gasteiger partial charge in [-0.05, 0) is 18.2 Å². The molecule has 1 aromatic carbocycles. The van der Waals surface area contributed by atoms with Crippen LogP contribution < -0.4 is 10.5 Å². The zero-order valence-corrected chi connectivity index (χ0v) is 10.3. The molecule has 2 aromatic heterocycles. The number of aromatic amines is 1. The number of hydrogen-bond acceptors (Lipinski definition) is 4. The van der Waals surface area contributed by atoms with Crippen LogP contribution in [0.25, 0.3) is 21.1 Å². The Balaban J connectivity index is 2.42. The smallest absolute Gasteiger partial charge is 0.248 e. The molecule has 2 heterocycles. The van der Waals surface area contributed by atoms with Crippen molar-refractivity contribution in [3.05, 3.63) is 34.6 Å². The van der Waals surface area contributed by atoms with Crippen molar-refractivity contribution in [3.8, 4) is 0 Å². The lowest BCUT2D eigenvalue weighted by atomic mass is 10.2. The molecule has 0 spiro atoms. The quantitative estimate of drug-likeness (QED) is 0.715. The van der Waals surface area contributed by atoms with Crippen molar-refractivity contribution in [1.29, 1.82) is 0 Å². The van der Waals surface area contributed by atoms with Crippen molar-refractivity contribution in [2.45, 2.75) is 0 Å². The van der Waals surface area contributed by atoms with Crippen molar-refractivity contribution >= 4 is 37.6 Å². The topological polar surface area (TPSA) is 49.0 Å². The summed E-state index contributed by atoms with van der Waals surface area (Å²) < 4.78 is 1.13. The Morgan fingerprint density at radius 1 is 1.24 bits per heavy atom. The third-order valence-electron chi connectivity index (χ3n) is 2.63. The molecule has 0 saturated carbocycles. The van der Waals surface area contributed by atoms with Crippen molar-refractivity contribution in [3.63, 3.8) is 0 Å². The summed E-state index contributed by atoms with van der Waals surface area (Å²) in [7, 11) is 3.95. The van der Waals surface area contributed by atoms with Crippen LogP contribution in [0.15, 0.2) is 29.1 Å². The van der Waals surface area contributed by atoms with Crippen molar-refractivity contribution < 1.29 is 0 Å². The number of aromatic nitrogens is 2. The molecular weight excluding hydrogens is 234 g/mol. The molecule has 3 aromatic rings. The van der Waals surface area contributed by atoms with E-state index in [0.717, 1.165) is 26.3 Å². The van der Waals surface area contributed by atoms with E-state index in [0.29, 0.717) is 0 Å². The number of thiazole rings is 1. The average Bonchev–Trinajstić information content (AvgIpc) is 2.72. The van der Waals surface area contributed by atoms with E-state index in [1.165, 1.54) is 6.07 Å². The molecule has 0 aliphatic heterocycles. The standard InChI is InChI=1S/C12H11N3OS/c1-15(2)12-14-11-7-3-6-10(16)13-8(7)4-5-9(11)17-12/h3-6H,1-2H3,(H,13,16). The number of nitrogens with one attached hydrogen (secondary N) is 1. The molecule has 0 unspecified atom stereocenters. The first-order valence-electron chi connectivity index (χ1n) is 5.25. The SMILES string of the molecule is CN(C)c1nc2c(ccc3[nH]c(=O)ccc32)s1. The van der Waals surface area contributed by atoms with Gasteiger partial charge in [0.1, 0.15) is 0 Å². The van der Waals surface area contributed by atoms with Gasteiger partial charge in [0.25, 0.3) is 0 Å². The highest BCUT2D eigenvalue weighted by atomic mass is 32.1. The zero-order valence-electron chi connectivity index (χ0n) is 9.52. The first kappa shape index (κ1) is 10.3. The fraction of sp³-hybridized carbons (Fsp3) is 0.167. The second-order valence-corrected chi connectivity index (χ2v) is 5.10. The second-order valence-electron chi connectivity index (χ2n) is 4.09. The Kier molecular flexibility index (Phi) is 2.16. The fourth-order valence-electron chi connectivity index (χ4n) is 1.80. The van der Waals surface area contributed by atoms with Gasteiger partial charge in [0.15, 0.2) is 5.13 Å². The molecule has 0 aliphatic carbocycles. The highest BCUT2D eigenvalue weighted by Gasteiger charge is 2.08. The normalized spacial score (nSPS) is 11.2. The summed E-state index contributed by atoms with van der Waals surface area (Å²) in [6.07, 6.45) is 0. The fourth-order valence-corrected chi connectivity index (χ4v) is 2.71. The van der Waals surface area contributed by atoms with Gasteiger partial charge in [-0.1, -0.05) is 11.3 Å². The number of nitrogens with zero attached hydrogens (tertiary/aromatic N) is 2. The van der Waals surface area contributed by atoms with Crippen LogP contribution >= 0.6 is 11.3 Å². The van der Waals surface area contributed by atoms with Crippen LogP contribution in [0.5, 0.6) is 0 Å². The Morgan fingerprint density at radius 2 is 2.06 bits per heavy atom. The van der Waals surface area contributed by atoms with Crippen molar-refractivity contribution in [2.24, 2.45) is 0 Å². The molecule has 0 bridgehead atoms. The molecule has 0 fully saturated rings. The molecule has 3 rings (SSSR count). The number of anilines is 1. The van der Waals surface area contributed by atoms with Gasteiger partial charge in [0, 0.05) is 25.5 Å². The van der Waals surface area contributed by atoms with Gasteiger partial charge in [-0.3, -0.25) is 4.79 Å². The monoisotopic (exact) mass is 245 g/mol. The van der Waals surface area contributed by atoms with E-state index in [4.69, 9.17) is 0 Å². The van der Waals surface area contributed by atoms with Gasteiger partial charge in [-0.25, -0.2) is 4.98 Å². The highest BCUT2D eigenvalue weighted by Crippen LogP contribution is 2.31. The lowest BCUT2D eigenvalue weighted by Crippen LogP contribution is -2.07. The van der Waals surface area contributed by atoms with E-state index in [9.17, 15) is 4.79 Å². The Morgan fingerprint density at radius 3 is 2.82 bits per heavy atom. The lowest BCUT2D eigenvalue weighted by Gasteiger charge is -2.04. The summed E-state index contributed by atoms with van der Waals surface area (Å²) in [4.78, 5) is 20.6. The molecule has 0 radical (unpaired) electrons. The minimum absolute atomic E-state index is 0.0834. The molecule has 1 N–H and O–H groups in total. The summed E-state index contributed by atoms with van der Waals surface area (Å²) in [6, 6.07) is 7.29. The van der Waals surface area contributed by atoms with E-state index in [1.807, 2.05) is 37.2 Å². The number of fused-ring (bicyclic) bond motifs is 3.